The normalized spacial score (nSPS) is 24.5. The summed E-state index contributed by atoms with van der Waals surface area (Å²) >= 11 is 0. The zero-order chi connectivity index (χ0) is 9.68. The summed E-state index contributed by atoms with van der Waals surface area (Å²) in [4.78, 5) is 4.89. The van der Waals surface area contributed by atoms with Crippen LogP contribution in [-0.4, -0.2) is 62.7 Å². The van der Waals surface area contributed by atoms with Gasteiger partial charge in [-0.3, -0.25) is 0 Å². The highest BCUT2D eigenvalue weighted by Crippen LogP contribution is 2.11. The van der Waals surface area contributed by atoms with Gasteiger partial charge in [0.25, 0.3) is 0 Å². The third-order valence-corrected chi connectivity index (χ3v) is 2.88. The molecule has 0 radical (unpaired) electrons. The van der Waals surface area contributed by atoms with Gasteiger partial charge in [0.1, 0.15) is 0 Å². The predicted molar refractivity (Wildman–Crippen MR) is 57.1 cm³/mol. The van der Waals surface area contributed by atoms with Crippen LogP contribution >= 0.6 is 0 Å². The third kappa shape index (κ3) is 3.63. The van der Waals surface area contributed by atoms with Crippen molar-refractivity contribution in [3.63, 3.8) is 0 Å². The van der Waals surface area contributed by atoms with Crippen molar-refractivity contribution in [2.75, 3.05) is 46.8 Å². The van der Waals surface area contributed by atoms with E-state index >= 15 is 0 Å². The van der Waals surface area contributed by atoms with Crippen LogP contribution in [0.5, 0.6) is 0 Å². The molecule has 78 valence electrons. The van der Waals surface area contributed by atoms with Crippen molar-refractivity contribution in [2.45, 2.75) is 19.4 Å². The van der Waals surface area contributed by atoms with Crippen LogP contribution in [0, 0.1) is 0 Å². The Bertz CT molecular complexity index is 138. The Balaban J connectivity index is 2.12. The lowest BCUT2D eigenvalue weighted by Gasteiger charge is -2.23. The van der Waals surface area contributed by atoms with E-state index in [1.807, 2.05) is 0 Å². The molecule has 1 aliphatic heterocycles. The minimum absolute atomic E-state index is 0.781. The molecule has 3 nitrogen and oxygen atoms in total. The van der Waals surface area contributed by atoms with E-state index in [9.17, 15) is 0 Å². The van der Waals surface area contributed by atoms with Gasteiger partial charge in [-0.25, -0.2) is 0 Å². The van der Waals surface area contributed by atoms with Crippen LogP contribution in [0.25, 0.3) is 0 Å². The zero-order valence-electron chi connectivity index (χ0n) is 9.21. The molecule has 3 heteroatoms. The highest BCUT2D eigenvalue weighted by molar-refractivity contribution is 4.80. The average molecular weight is 185 g/mol. The first-order chi connectivity index (χ1) is 6.24. The summed E-state index contributed by atoms with van der Waals surface area (Å²) in [6.07, 6.45) is 1.33. The molecule has 1 aliphatic rings. The first kappa shape index (κ1) is 11.0. The van der Waals surface area contributed by atoms with Gasteiger partial charge in [-0.05, 0) is 33.6 Å². The molecule has 0 aliphatic carbocycles. The van der Waals surface area contributed by atoms with E-state index in [0.717, 1.165) is 19.1 Å². The smallest absolute Gasteiger partial charge is 0.0232 e. The van der Waals surface area contributed by atoms with Gasteiger partial charge in [0.15, 0.2) is 0 Å². The molecule has 1 unspecified atom stereocenters. The van der Waals surface area contributed by atoms with Crippen molar-refractivity contribution in [3.05, 3.63) is 0 Å². The number of likely N-dealkylation sites (tertiary alicyclic amines) is 1. The molecule has 1 fully saturated rings. The fraction of sp³-hybridized carbons (Fsp3) is 1.00. The second-order valence-corrected chi connectivity index (χ2v) is 4.04. The van der Waals surface area contributed by atoms with Crippen molar-refractivity contribution in [3.8, 4) is 0 Å². The maximum absolute atomic E-state index is 3.36. The first-order valence-electron chi connectivity index (χ1n) is 5.33. The van der Waals surface area contributed by atoms with Crippen molar-refractivity contribution >= 4 is 0 Å². The Hall–Kier alpha value is -0.120. The topological polar surface area (TPSA) is 18.5 Å². The molecule has 1 saturated heterocycles. The van der Waals surface area contributed by atoms with Crippen LogP contribution in [0.2, 0.25) is 0 Å². The molecule has 0 spiro atoms. The van der Waals surface area contributed by atoms with Gasteiger partial charge in [0.2, 0.25) is 0 Å². The number of hydrogen-bond donors (Lipinski definition) is 1. The van der Waals surface area contributed by atoms with Gasteiger partial charge in [0.05, 0.1) is 0 Å². The minimum atomic E-state index is 0.781. The van der Waals surface area contributed by atoms with Gasteiger partial charge in [0, 0.05) is 25.7 Å². The summed E-state index contributed by atoms with van der Waals surface area (Å²) in [5.41, 5.74) is 0. The molecule has 1 atom stereocenters. The summed E-state index contributed by atoms with van der Waals surface area (Å²) in [7, 11) is 4.44. The van der Waals surface area contributed by atoms with Crippen molar-refractivity contribution in [1.29, 1.82) is 0 Å². The van der Waals surface area contributed by atoms with Crippen LogP contribution in [0.1, 0.15) is 13.3 Å². The lowest BCUT2D eigenvalue weighted by Crippen LogP contribution is -2.38. The Labute approximate surface area is 82.1 Å². The minimum Gasteiger partial charge on any atom is -0.316 e. The highest BCUT2D eigenvalue weighted by atomic mass is 15.2. The Morgan fingerprint density at radius 1 is 1.54 bits per heavy atom. The molecule has 1 rings (SSSR count). The molecule has 0 amide bonds. The number of nitrogens with zero attached hydrogens (tertiary/aromatic N) is 2. The Kier molecular flexibility index (Phi) is 4.70. The van der Waals surface area contributed by atoms with Gasteiger partial charge >= 0.3 is 0 Å². The SMILES string of the molecule is CCNCCN(C)C1CCN(C)C1. The largest absolute Gasteiger partial charge is 0.316 e. The van der Waals surface area contributed by atoms with Crippen LogP contribution in [0.4, 0.5) is 0 Å². The first-order valence-corrected chi connectivity index (χ1v) is 5.33. The van der Waals surface area contributed by atoms with Crippen molar-refractivity contribution in [2.24, 2.45) is 0 Å². The van der Waals surface area contributed by atoms with Gasteiger partial charge in [-0.1, -0.05) is 6.92 Å². The lowest BCUT2D eigenvalue weighted by molar-refractivity contribution is 0.242. The maximum Gasteiger partial charge on any atom is 0.0232 e. The molecule has 0 saturated carbocycles. The molecule has 1 heterocycles. The van der Waals surface area contributed by atoms with Crippen LogP contribution in [0.3, 0.4) is 0 Å². The van der Waals surface area contributed by atoms with Crippen LogP contribution in [-0.2, 0) is 0 Å². The number of likely N-dealkylation sites (N-methyl/N-ethyl adjacent to an activating group) is 3. The summed E-state index contributed by atoms with van der Waals surface area (Å²) in [6, 6.07) is 0.781. The van der Waals surface area contributed by atoms with E-state index in [4.69, 9.17) is 0 Å². The fourth-order valence-corrected chi connectivity index (χ4v) is 1.89. The van der Waals surface area contributed by atoms with Crippen LogP contribution < -0.4 is 5.32 Å². The van der Waals surface area contributed by atoms with Gasteiger partial charge < -0.3 is 15.1 Å². The Morgan fingerprint density at radius 3 is 2.85 bits per heavy atom. The second-order valence-electron chi connectivity index (χ2n) is 4.04. The number of rotatable bonds is 5. The fourth-order valence-electron chi connectivity index (χ4n) is 1.89. The van der Waals surface area contributed by atoms with Gasteiger partial charge in [-0.2, -0.15) is 0 Å². The molecule has 0 aromatic heterocycles. The quantitative estimate of drug-likeness (QED) is 0.619. The predicted octanol–water partition coefficient (Wildman–Crippen LogP) is 0.232. The molecule has 0 bridgehead atoms. The highest BCUT2D eigenvalue weighted by Gasteiger charge is 2.22. The lowest BCUT2D eigenvalue weighted by atomic mass is 10.2. The summed E-state index contributed by atoms with van der Waals surface area (Å²) in [6.45, 7) is 8.03. The number of nitrogens with one attached hydrogen (secondary N) is 1. The summed E-state index contributed by atoms with van der Waals surface area (Å²) in [5.74, 6) is 0. The van der Waals surface area contributed by atoms with E-state index in [0.29, 0.717) is 0 Å². The summed E-state index contributed by atoms with van der Waals surface area (Å²) < 4.78 is 0. The second kappa shape index (κ2) is 5.58. The van der Waals surface area contributed by atoms with E-state index in [1.54, 1.807) is 0 Å². The monoisotopic (exact) mass is 185 g/mol. The summed E-state index contributed by atoms with van der Waals surface area (Å²) in [5, 5.41) is 3.36. The van der Waals surface area contributed by atoms with E-state index in [2.05, 4.69) is 36.1 Å². The van der Waals surface area contributed by atoms with Gasteiger partial charge in [-0.15, -0.1) is 0 Å². The molecular formula is C10H23N3. The molecular weight excluding hydrogens is 162 g/mol. The van der Waals surface area contributed by atoms with E-state index in [1.165, 1.54) is 26.1 Å². The Morgan fingerprint density at radius 2 is 2.31 bits per heavy atom. The van der Waals surface area contributed by atoms with Crippen molar-refractivity contribution in [1.82, 2.24) is 15.1 Å². The standard InChI is InChI=1S/C10H23N3/c1-4-11-6-8-13(3)10-5-7-12(2)9-10/h10-11H,4-9H2,1-3H3. The third-order valence-electron chi connectivity index (χ3n) is 2.88. The molecule has 1 N–H and O–H groups in total. The average Bonchev–Trinajstić information content (AvgIpc) is 2.52. The maximum atomic E-state index is 3.36. The molecule has 13 heavy (non-hydrogen) atoms. The van der Waals surface area contributed by atoms with E-state index in [-0.39, 0.29) is 0 Å². The zero-order valence-corrected chi connectivity index (χ0v) is 9.21. The van der Waals surface area contributed by atoms with E-state index < -0.39 is 0 Å². The molecule has 0 aromatic carbocycles. The van der Waals surface area contributed by atoms with Crippen LogP contribution in [0.15, 0.2) is 0 Å². The number of hydrogen-bond acceptors (Lipinski definition) is 3. The molecule has 0 aromatic rings. The van der Waals surface area contributed by atoms with Crippen molar-refractivity contribution < 1.29 is 0 Å².